The van der Waals surface area contributed by atoms with E-state index in [1.165, 1.54) is 24.4 Å². The molecule has 128 valence electrons. The van der Waals surface area contributed by atoms with Crippen LogP contribution < -0.4 is 5.32 Å². The summed E-state index contributed by atoms with van der Waals surface area (Å²) in [5.41, 5.74) is 0.294. The van der Waals surface area contributed by atoms with Crippen molar-refractivity contribution < 1.29 is 23.1 Å². The molecule has 1 aliphatic rings. The molecule has 1 aromatic rings. The highest BCUT2D eigenvalue weighted by Gasteiger charge is 2.32. The molecule has 2 N–H and O–H groups in total. The van der Waals surface area contributed by atoms with Gasteiger partial charge in [-0.25, -0.2) is 8.42 Å². The van der Waals surface area contributed by atoms with Gasteiger partial charge in [0.25, 0.3) is 0 Å². The molecule has 1 amide bonds. The molecule has 0 saturated carbocycles. The number of aliphatic carboxylic acids is 1. The van der Waals surface area contributed by atoms with Crippen LogP contribution in [0.15, 0.2) is 33.3 Å². The first-order chi connectivity index (χ1) is 11.2. The number of carboxylic acid groups (broad SMARTS) is 1. The molecule has 0 radical (unpaired) electrons. The Morgan fingerprint density at radius 2 is 2.21 bits per heavy atom. The zero-order chi connectivity index (χ0) is 17.9. The molecule has 1 aromatic carbocycles. The van der Waals surface area contributed by atoms with Gasteiger partial charge in [-0.05, 0) is 12.1 Å². The summed E-state index contributed by atoms with van der Waals surface area (Å²) >= 11 is 6.75. The van der Waals surface area contributed by atoms with Gasteiger partial charge in [-0.2, -0.15) is 5.10 Å². The van der Waals surface area contributed by atoms with Gasteiger partial charge in [0.15, 0.2) is 15.0 Å². The monoisotopic (exact) mass is 389 g/mol. The van der Waals surface area contributed by atoms with Gasteiger partial charge in [0.1, 0.15) is 5.25 Å². The topological polar surface area (TPSA) is 125 Å². The van der Waals surface area contributed by atoms with Crippen molar-refractivity contribution in [2.45, 2.75) is 16.6 Å². The highest BCUT2D eigenvalue weighted by atomic mass is 35.5. The van der Waals surface area contributed by atoms with E-state index < -0.39 is 27.0 Å². The number of amides is 1. The molecule has 1 fully saturated rings. The predicted octanol–water partition coefficient (Wildman–Crippen LogP) is 1.14. The zero-order valence-electron chi connectivity index (χ0n) is 12.3. The zero-order valence-corrected chi connectivity index (χ0v) is 14.7. The van der Waals surface area contributed by atoms with Gasteiger partial charge in [0, 0.05) is 16.8 Å². The molecule has 8 nitrogen and oxygen atoms in total. The molecule has 2 rings (SSSR count). The van der Waals surface area contributed by atoms with E-state index in [-0.39, 0.29) is 21.5 Å². The standard InChI is InChI=1S/C13H12ClN3O5S2/c1-24(21,22)10-4-8(14)3-2-7(10)6-15-17-13-16-12(20)9(23-13)5-11(18)19/h2-4,6,9H,5H2,1H3,(H,18,19)(H,16,17,20). The number of amidine groups is 1. The maximum atomic E-state index is 11.7. The van der Waals surface area contributed by atoms with Crippen molar-refractivity contribution in [2.24, 2.45) is 10.2 Å². The third-order valence-corrected chi connectivity index (χ3v) is 5.32. The molecule has 1 heterocycles. The largest absolute Gasteiger partial charge is 0.481 e. The van der Waals surface area contributed by atoms with Gasteiger partial charge in [0.2, 0.25) is 5.91 Å². The second-order valence-electron chi connectivity index (χ2n) is 4.80. The summed E-state index contributed by atoms with van der Waals surface area (Å²) < 4.78 is 23.5. The fourth-order valence-corrected chi connectivity index (χ4v) is 3.87. The van der Waals surface area contributed by atoms with Crippen LogP contribution in [-0.4, -0.2) is 48.3 Å². The summed E-state index contributed by atoms with van der Waals surface area (Å²) in [7, 11) is -3.50. The molecule has 1 atom stereocenters. The second-order valence-corrected chi connectivity index (χ2v) is 8.41. The SMILES string of the molecule is CS(=O)(=O)c1cc(Cl)ccc1C=NN=C1NC(=O)C(CC(=O)O)S1. The smallest absolute Gasteiger partial charge is 0.305 e. The van der Waals surface area contributed by atoms with E-state index in [2.05, 4.69) is 15.5 Å². The van der Waals surface area contributed by atoms with Crippen molar-refractivity contribution in [1.82, 2.24) is 5.32 Å². The average molecular weight is 390 g/mol. The number of nitrogens with zero attached hydrogens (tertiary/aromatic N) is 2. The molecule has 11 heteroatoms. The first-order valence-corrected chi connectivity index (χ1v) is 9.61. The number of sulfone groups is 1. The van der Waals surface area contributed by atoms with Crippen LogP contribution in [0.3, 0.4) is 0 Å². The molecular weight excluding hydrogens is 378 g/mol. The number of rotatable bonds is 5. The van der Waals surface area contributed by atoms with Crippen LogP contribution in [0.4, 0.5) is 0 Å². The first kappa shape index (κ1) is 18.4. The fourth-order valence-electron chi connectivity index (χ4n) is 1.82. The van der Waals surface area contributed by atoms with Gasteiger partial charge < -0.3 is 10.4 Å². The summed E-state index contributed by atoms with van der Waals surface area (Å²) in [6.07, 6.45) is 1.94. The Bertz CT molecular complexity index is 851. The lowest BCUT2D eigenvalue weighted by molar-refractivity contribution is -0.138. The number of nitrogens with one attached hydrogen (secondary N) is 1. The lowest BCUT2D eigenvalue weighted by atomic mass is 10.2. The molecule has 0 aromatic heterocycles. The maximum absolute atomic E-state index is 11.7. The van der Waals surface area contributed by atoms with Crippen LogP contribution in [0.2, 0.25) is 5.02 Å². The Balaban J connectivity index is 2.18. The molecule has 1 unspecified atom stereocenters. The molecule has 1 aliphatic heterocycles. The van der Waals surface area contributed by atoms with Gasteiger partial charge >= 0.3 is 5.97 Å². The highest BCUT2D eigenvalue weighted by Crippen LogP contribution is 2.23. The number of hydrogen-bond donors (Lipinski definition) is 2. The van der Waals surface area contributed by atoms with Gasteiger partial charge in [0.05, 0.1) is 17.5 Å². The maximum Gasteiger partial charge on any atom is 0.305 e. The average Bonchev–Trinajstić information content (AvgIpc) is 2.79. The third-order valence-electron chi connectivity index (χ3n) is 2.86. The molecule has 0 bridgehead atoms. The highest BCUT2D eigenvalue weighted by molar-refractivity contribution is 8.15. The number of carbonyl (C=O) groups is 2. The summed E-state index contributed by atoms with van der Waals surface area (Å²) in [5, 5.41) is 18.3. The van der Waals surface area contributed by atoms with Gasteiger partial charge in [-0.15, -0.1) is 5.10 Å². The van der Waals surface area contributed by atoms with Gasteiger partial charge in [-0.3, -0.25) is 9.59 Å². The van der Waals surface area contributed by atoms with Crippen molar-refractivity contribution in [1.29, 1.82) is 0 Å². The number of benzene rings is 1. The Kier molecular flexibility index (Phi) is 5.62. The lowest BCUT2D eigenvalue weighted by Gasteiger charge is -2.03. The molecule has 1 saturated heterocycles. The predicted molar refractivity (Wildman–Crippen MR) is 91.4 cm³/mol. The Hall–Kier alpha value is -1.91. The molecule has 0 spiro atoms. The number of halogens is 1. The van der Waals surface area contributed by atoms with E-state index in [0.29, 0.717) is 5.56 Å². The van der Waals surface area contributed by atoms with Crippen LogP contribution in [0.5, 0.6) is 0 Å². The van der Waals surface area contributed by atoms with E-state index >= 15 is 0 Å². The minimum atomic E-state index is -3.50. The van der Waals surface area contributed by atoms with Gasteiger partial charge in [-0.1, -0.05) is 29.4 Å². The van der Waals surface area contributed by atoms with E-state index in [1.54, 1.807) is 0 Å². The summed E-state index contributed by atoms with van der Waals surface area (Å²) in [6, 6.07) is 4.30. The van der Waals surface area contributed by atoms with Crippen LogP contribution in [0.1, 0.15) is 12.0 Å². The van der Waals surface area contributed by atoms with Crippen molar-refractivity contribution in [3.63, 3.8) is 0 Å². The summed E-state index contributed by atoms with van der Waals surface area (Å²) in [4.78, 5) is 22.2. The number of carboxylic acids is 1. The van der Waals surface area contributed by atoms with Crippen LogP contribution >= 0.6 is 23.4 Å². The van der Waals surface area contributed by atoms with Crippen molar-refractivity contribution in [2.75, 3.05) is 6.26 Å². The number of thioether (sulfide) groups is 1. The van der Waals surface area contributed by atoms with Crippen LogP contribution in [0, 0.1) is 0 Å². The normalized spacial score (nSPS) is 19.8. The van der Waals surface area contributed by atoms with E-state index in [0.717, 1.165) is 18.0 Å². The van der Waals surface area contributed by atoms with Crippen molar-refractivity contribution >= 4 is 56.5 Å². The molecular formula is C13H12ClN3O5S2. The van der Waals surface area contributed by atoms with E-state index in [1.807, 2.05) is 0 Å². The lowest BCUT2D eigenvalue weighted by Crippen LogP contribution is -2.26. The summed E-state index contributed by atoms with van der Waals surface area (Å²) in [6.45, 7) is 0. The number of hydrogen-bond acceptors (Lipinski definition) is 7. The van der Waals surface area contributed by atoms with Crippen LogP contribution in [-0.2, 0) is 19.4 Å². The minimum Gasteiger partial charge on any atom is -0.481 e. The summed E-state index contributed by atoms with van der Waals surface area (Å²) in [5.74, 6) is -1.55. The third kappa shape index (κ3) is 4.79. The molecule has 24 heavy (non-hydrogen) atoms. The van der Waals surface area contributed by atoms with E-state index in [9.17, 15) is 18.0 Å². The number of carbonyl (C=O) groups excluding carboxylic acids is 1. The fraction of sp³-hybridized carbons (Fsp3) is 0.231. The van der Waals surface area contributed by atoms with Crippen molar-refractivity contribution in [3.8, 4) is 0 Å². The molecule has 0 aliphatic carbocycles. The first-order valence-electron chi connectivity index (χ1n) is 6.47. The Morgan fingerprint density at radius 3 is 2.83 bits per heavy atom. The minimum absolute atomic E-state index is 0.00538. The quantitative estimate of drug-likeness (QED) is 0.574. The Labute approximate surface area is 146 Å². The van der Waals surface area contributed by atoms with Crippen molar-refractivity contribution in [3.05, 3.63) is 28.8 Å². The Morgan fingerprint density at radius 1 is 1.50 bits per heavy atom. The van der Waals surface area contributed by atoms with Crippen LogP contribution in [0.25, 0.3) is 0 Å². The second kappa shape index (κ2) is 7.32. The van der Waals surface area contributed by atoms with E-state index in [4.69, 9.17) is 16.7 Å².